The van der Waals surface area contributed by atoms with E-state index in [9.17, 15) is 9.59 Å². The van der Waals surface area contributed by atoms with E-state index in [1.54, 1.807) is 37.5 Å². The molecule has 5 nitrogen and oxygen atoms in total. The number of carbonyl (C=O) groups excluding carboxylic acids is 2. The van der Waals surface area contributed by atoms with Crippen LogP contribution in [-0.2, 0) is 4.79 Å². The van der Waals surface area contributed by atoms with Crippen LogP contribution in [0.2, 0.25) is 0 Å². The van der Waals surface area contributed by atoms with Crippen molar-refractivity contribution in [3.8, 4) is 28.4 Å². The number of carbonyl (C=O) groups is 2. The minimum Gasteiger partial charge on any atom is -0.497 e. The first kappa shape index (κ1) is 20.2. The van der Waals surface area contributed by atoms with E-state index in [4.69, 9.17) is 15.2 Å². The van der Waals surface area contributed by atoms with Gasteiger partial charge in [-0.1, -0.05) is 36.4 Å². The Hall–Kier alpha value is -3.51. The van der Waals surface area contributed by atoms with Gasteiger partial charge in [0.15, 0.2) is 6.29 Å². The summed E-state index contributed by atoms with van der Waals surface area (Å²) in [5, 5.41) is -0.625. The van der Waals surface area contributed by atoms with Crippen LogP contribution < -0.4 is 15.2 Å². The molecule has 3 rings (SSSR count). The zero-order valence-electron chi connectivity index (χ0n) is 15.7. The molecule has 0 spiro atoms. The first-order valence-electron chi connectivity index (χ1n) is 8.74. The van der Waals surface area contributed by atoms with Gasteiger partial charge in [-0.25, -0.2) is 0 Å². The number of allylic oxidation sites excluding steroid dienone is 1. The normalized spacial score (nSPS) is 11.0. The summed E-state index contributed by atoms with van der Waals surface area (Å²) in [7, 11) is 1.64. The topological polar surface area (TPSA) is 78.6 Å². The lowest BCUT2D eigenvalue weighted by Gasteiger charge is -2.09. The van der Waals surface area contributed by atoms with E-state index in [1.165, 1.54) is 0 Å². The number of thioether (sulfide) groups is 1. The number of nitrogens with two attached hydrogens (primary N) is 1. The van der Waals surface area contributed by atoms with Crippen molar-refractivity contribution in [2.24, 2.45) is 5.73 Å². The molecule has 3 aromatic carbocycles. The number of hydrogen-bond acceptors (Lipinski definition) is 5. The summed E-state index contributed by atoms with van der Waals surface area (Å²) >= 11 is 0.696. The van der Waals surface area contributed by atoms with Gasteiger partial charge in [0.2, 0.25) is 0 Å². The van der Waals surface area contributed by atoms with Crippen LogP contribution in [0, 0.1) is 0 Å². The molecule has 0 aliphatic heterocycles. The van der Waals surface area contributed by atoms with Crippen LogP contribution in [0.25, 0.3) is 17.2 Å². The maximum absolute atomic E-state index is 11.0. The van der Waals surface area contributed by atoms with Crippen LogP contribution in [0.15, 0.2) is 77.7 Å². The van der Waals surface area contributed by atoms with Crippen molar-refractivity contribution in [3.05, 3.63) is 83.3 Å². The molecule has 2 N–H and O–H groups in total. The van der Waals surface area contributed by atoms with Gasteiger partial charge in [-0.05, 0) is 70.9 Å². The quantitative estimate of drug-likeness (QED) is 0.414. The lowest BCUT2D eigenvalue weighted by molar-refractivity contribution is -0.104. The van der Waals surface area contributed by atoms with Crippen molar-refractivity contribution < 1.29 is 19.1 Å². The SMILES string of the molecule is COc1ccc(-c2cccc(Oc3ccc(/C=C(/C=O)SC(N)=O)cc3)c2)cc1. The maximum atomic E-state index is 11.0. The average Bonchev–Trinajstić information content (AvgIpc) is 2.74. The fraction of sp³-hybridized carbons (Fsp3) is 0.0435. The van der Waals surface area contributed by atoms with Crippen molar-refractivity contribution in [3.63, 3.8) is 0 Å². The van der Waals surface area contributed by atoms with Crippen LogP contribution in [-0.4, -0.2) is 18.6 Å². The number of amides is 1. The average molecular weight is 405 g/mol. The van der Waals surface area contributed by atoms with Crippen LogP contribution in [0.4, 0.5) is 4.79 Å². The van der Waals surface area contributed by atoms with Crippen LogP contribution >= 0.6 is 11.8 Å². The number of benzene rings is 3. The third-order valence-electron chi connectivity index (χ3n) is 4.02. The monoisotopic (exact) mass is 405 g/mol. The highest BCUT2D eigenvalue weighted by atomic mass is 32.2. The molecular weight excluding hydrogens is 386 g/mol. The van der Waals surface area contributed by atoms with Crippen molar-refractivity contribution in [2.45, 2.75) is 0 Å². The van der Waals surface area contributed by atoms with Gasteiger partial charge in [0.25, 0.3) is 5.24 Å². The molecule has 0 bridgehead atoms. The molecule has 0 aliphatic rings. The standard InChI is InChI=1S/C23H19NO4S/c1-27-19-11-7-17(8-12-19)18-3-2-4-21(14-18)28-20-9-5-16(6-10-20)13-22(15-25)29-23(24)26/h2-15H,1H3,(H2,24,26)/b22-13-. The van der Waals surface area contributed by atoms with Crippen LogP contribution in [0.3, 0.4) is 0 Å². The molecule has 0 radical (unpaired) electrons. The highest BCUT2D eigenvalue weighted by Gasteiger charge is 2.04. The van der Waals surface area contributed by atoms with E-state index in [-0.39, 0.29) is 4.91 Å². The van der Waals surface area contributed by atoms with Gasteiger partial charge in [0.05, 0.1) is 12.0 Å². The van der Waals surface area contributed by atoms with Gasteiger partial charge >= 0.3 is 0 Å². The molecule has 0 atom stereocenters. The molecule has 0 aromatic heterocycles. The Morgan fingerprint density at radius 3 is 2.21 bits per heavy atom. The van der Waals surface area contributed by atoms with Gasteiger partial charge in [0.1, 0.15) is 17.2 Å². The Balaban J connectivity index is 1.74. The molecule has 3 aromatic rings. The van der Waals surface area contributed by atoms with Crippen molar-refractivity contribution in [2.75, 3.05) is 7.11 Å². The van der Waals surface area contributed by atoms with Gasteiger partial charge in [-0.2, -0.15) is 0 Å². The maximum Gasteiger partial charge on any atom is 0.281 e. The summed E-state index contributed by atoms with van der Waals surface area (Å²) in [6.45, 7) is 0. The summed E-state index contributed by atoms with van der Waals surface area (Å²) in [4.78, 5) is 22.2. The van der Waals surface area contributed by atoms with E-state index < -0.39 is 5.24 Å². The molecule has 146 valence electrons. The van der Waals surface area contributed by atoms with E-state index in [1.807, 2.05) is 48.5 Å². The summed E-state index contributed by atoms with van der Waals surface area (Å²) < 4.78 is 11.1. The third-order valence-corrected chi connectivity index (χ3v) is 4.67. The molecule has 0 heterocycles. The van der Waals surface area contributed by atoms with Crippen LogP contribution in [0.5, 0.6) is 17.2 Å². The molecule has 6 heteroatoms. The van der Waals surface area contributed by atoms with Crippen LogP contribution in [0.1, 0.15) is 5.56 Å². The Bertz CT molecular complexity index is 1030. The molecule has 0 saturated carbocycles. The number of methoxy groups -OCH3 is 1. The van der Waals surface area contributed by atoms with Crippen molar-refractivity contribution >= 4 is 29.4 Å². The summed E-state index contributed by atoms with van der Waals surface area (Å²) in [6, 6.07) is 22.8. The molecular formula is C23H19NO4S. The minimum atomic E-state index is -0.625. The largest absolute Gasteiger partial charge is 0.497 e. The van der Waals surface area contributed by atoms with Crippen molar-refractivity contribution in [1.82, 2.24) is 0 Å². The zero-order valence-corrected chi connectivity index (χ0v) is 16.5. The number of rotatable bonds is 7. The lowest BCUT2D eigenvalue weighted by atomic mass is 10.1. The molecule has 29 heavy (non-hydrogen) atoms. The Kier molecular flexibility index (Phi) is 6.71. The predicted octanol–water partition coefficient (Wildman–Crippen LogP) is 5.51. The minimum absolute atomic E-state index is 0.248. The Labute approximate surface area is 173 Å². The predicted molar refractivity (Wildman–Crippen MR) is 116 cm³/mol. The number of primary amides is 1. The van der Waals surface area contributed by atoms with Gasteiger partial charge < -0.3 is 15.2 Å². The van der Waals surface area contributed by atoms with E-state index in [0.717, 1.165) is 22.4 Å². The second kappa shape index (κ2) is 9.61. The van der Waals surface area contributed by atoms with Gasteiger partial charge in [-0.3, -0.25) is 9.59 Å². The fourth-order valence-corrected chi connectivity index (χ4v) is 3.13. The molecule has 0 saturated heterocycles. The highest BCUT2D eigenvalue weighted by Crippen LogP contribution is 2.29. The number of hydrogen-bond donors (Lipinski definition) is 1. The first-order chi connectivity index (χ1) is 14.1. The second-order valence-electron chi connectivity index (χ2n) is 6.01. The fourth-order valence-electron chi connectivity index (χ4n) is 2.66. The molecule has 0 fully saturated rings. The zero-order chi connectivity index (χ0) is 20.6. The molecule has 0 unspecified atom stereocenters. The summed E-state index contributed by atoms with van der Waals surface area (Å²) in [6.07, 6.45) is 2.20. The van der Waals surface area contributed by atoms with Gasteiger partial charge in [0, 0.05) is 0 Å². The lowest BCUT2D eigenvalue weighted by Crippen LogP contribution is -2.02. The summed E-state index contributed by atoms with van der Waals surface area (Å²) in [5.74, 6) is 2.17. The molecule has 0 aliphatic carbocycles. The van der Waals surface area contributed by atoms with Crippen molar-refractivity contribution in [1.29, 1.82) is 0 Å². The highest BCUT2D eigenvalue weighted by molar-refractivity contribution is 8.17. The number of ether oxygens (including phenoxy) is 2. The molecule has 1 amide bonds. The smallest absolute Gasteiger partial charge is 0.281 e. The Morgan fingerprint density at radius 2 is 1.59 bits per heavy atom. The third kappa shape index (κ3) is 5.73. The summed E-state index contributed by atoms with van der Waals surface area (Å²) in [5.41, 5.74) is 7.95. The van der Waals surface area contributed by atoms with Gasteiger partial charge in [-0.15, -0.1) is 0 Å². The Morgan fingerprint density at radius 1 is 0.897 bits per heavy atom. The second-order valence-corrected chi connectivity index (χ2v) is 7.09. The van der Waals surface area contributed by atoms with E-state index in [2.05, 4.69) is 0 Å². The van der Waals surface area contributed by atoms with E-state index in [0.29, 0.717) is 29.5 Å². The number of aldehydes is 1. The first-order valence-corrected chi connectivity index (χ1v) is 9.55. The van der Waals surface area contributed by atoms with E-state index >= 15 is 0 Å².